The zero-order valence-corrected chi connectivity index (χ0v) is 20.7. The first kappa shape index (κ1) is 23.7. The van der Waals surface area contributed by atoms with Crippen LogP contribution in [0.1, 0.15) is 28.8 Å². The fourth-order valence-electron chi connectivity index (χ4n) is 4.67. The summed E-state index contributed by atoms with van der Waals surface area (Å²) in [7, 11) is 1.73. The first-order chi connectivity index (χ1) is 17.5. The molecular weight excluding hydrogens is 472 g/mol. The van der Waals surface area contributed by atoms with Crippen molar-refractivity contribution in [2.24, 2.45) is 0 Å². The van der Waals surface area contributed by atoms with E-state index in [0.717, 1.165) is 16.1 Å². The van der Waals surface area contributed by atoms with Crippen molar-refractivity contribution in [2.45, 2.75) is 31.3 Å². The molecule has 4 aromatic rings. The Morgan fingerprint density at radius 2 is 1.81 bits per heavy atom. The van der Waals surface area contributed by atoms with Crippen LogP contribution in [0.25, 0.3) is 5.69 Å². The molecule has 1 atom stereocenters. The lowest BCUT2D eigenvalue weighted by Gasteiger charge is -2.29. The van der Waals surface area contributed by atoms with Crippen molar-refractivity contribution >= 4 is 29.1 Å². The van der Waals surface area contributed by atoms with Crippen LogP contribution < -0.4 is 0 Å². The van der Waals surface area contributed by atoms with Crippen LogP contribution in [0.3, 0.4) is 0 Å². The SMILES string of the molecule is CN(Cc1ccc(-n2cccn2)cc1)C(=O)C[C@]1(c2ccccc2)CC(=O)N(Cc2cccs2)C1=O. The topological polar surface area (TPSA) is 75.5 Å². The van der Waals surface area contributed by atoms with Crippen molar-refractivity contribution in [3.8, 4) is 5.69 Å². The maximum atomic E-state index is 13.8. The standard InChI is InChI=1S/C28H26N4O3S/c1-30(19-21-10-12-23(13-11-21)32-15-6-14-29-32)25(33)17-28(22-7-3-2-4-8-22)18-26(34)31(27(28)35)20-24-9-5-16-36-24/h2-16H,17-20H2,1H3/t28-/m1/s1. The number of benzene rings is 2. The van der Waals surface area contributed by atoms with Crippen LogP contribution in [0.15, 0.2) is 90.6 Å². The quantitative estimate of drug-likeness (QED) is 0.342. The number of nitrogens with zero attached hydrogens (tertiary/aromatic N) is 4. The van der Waals surface area contributed by atoms with Gasteiger partial charge in [-0.25, -0.2) is 4.68 Å². The fourth-order valence-corrected chi connectivity index (χ4v) is 5.37. The highest BCUT2D eigenvalue weighted by molar-refractivity contribution is 7.09. The summed E-state index contributed by atoms with van der Waals surface area (Å²) in [6, 6.07) is 22.7. The monoisotopic (exact) mass is 498 g/mol. The van der Waals surface area contributed by atoms with Crippen molar-refractivity contribution in [1.82, 2.24) is 19.6 Å². The van der Waals surface area contributed by atoms with Gasteiger partial charge >= 0.3 is 0 Å². The largest absolute Gasteiger partial charge is 0.341 e. The Kier molecular flexibility index (Phi) is 6.52. The zero-order chi connectivity index (χ0) is 25.1. The van der Waals surface area contributed by atoms with E-state index < -0.39 is 5.41 Å². The molecular formula is C28H26N4O3S. The number of rotatable bonds is 8. The lowest BCUT2D eigenvalue weighted by Crippen LogP contribution is -2.42. The van der Waals surface area contributed by atoms with Gasteiger partial charge in [-0.3, -0.25) is 19.3 Å². The van der Waals surface area contributed by atoms with Gasteiger partial charge in [0.25, 0.3) is 0 Å². The Hall–Kier alpha value is -4.04. The third-order valence-electron chi connectivity index (χ3n) is 6.63. The van der Waals surface area contributed by atoms with Crippen LogP contribution in [0, 0.1) is 0 Å². The Morgan fingerprint density at radius 3 is 2.47 bits per heavy atom. The predicted molar refractivity (Wildman–Crippen MR) is 137 cm³/mol. The number of hydrogen-bond acceptors (Lipinski definition) is 5. The van der Waals surface area contributed by atoms with Gasteiger partial charge in [-0.05, 0) is 40.8 Å². The van der Waals surface area contributed by atoms with E-state index in [9.17, 15) is 14.4 Å². The van der Waals surface area contributed by atoms with E-state index in [0.29, 0.717) is 12.1 Å². The highest BCUT2D eigenvalue weighted by Crippen LogP contribution is 2.41. The molecule has 0 N–H and O–H groups in total. The van der Waals surface area contributed by atoms with Crippen molar-refractivity contribution in [3.63, 3.8) is 0 Å². The van der Waals surface area contributed by atoms with Crippen molar-refractivity contribution in [3.05, 3.63) is 107 Å². The number of carbonyl (C=O) groups is 3. The summed E-state index contributed by atoms with van der Waals surface area (Å²) in [4.78, 5) is 44.1. The van der Waals surface area contributed by atoms with E-state index in [-0.39, 0.29) is 37.1 Å². The number of imide groups is 1. The Bertz CT molecular complexity index is 1350. The molecule has 8 heteroatoms. The minimum absolute atomic E-state index is 0.0145. The van der Waals surface area contributed by atoms with Gasteiger partial charge in [-0.2, -0.15) is 5.10 Å². The van der Waals surface area contributed by atoms with Crippen LogP contribution in [-0.4, -0.2) is 44.3 Å². The average Bonchev–Trinajstić information content (AvgIpc) is 3.65. The minimum Gasteiger partial charge on any atom is -0.341 e. The second kappa shape index (κ2) is 9.91. The highest BCUT2D eigenvalue weighted by atomic mass is 32.1. The number of amides is 3. The molecule has 0 spiro atoms. The summed E-state index contributed by atoms with van der Waals surface area (Å²) in [6.45, 7) is 0.626. The summed E-state index contributed by atoms with van der Waals surface area (Å²) < 4.78 is 1.77. The molecule has 5 rings (SSSR count). The van der Waals surface area contributed by atoms with E-state index in [2.05, 4.69) is 5.10 Å². The van der Waals surface area contributed by atoms with Gasteiger partial charge in [0.05, 0.1) is 17.6 Å². The van der Waals surface area contributed by atoms with Gasteiger partial charge in [0, 0.05) is 43.7 Å². The molecule has 1 fully saturated rings. The third kappa shape index (κ3) is 4.59. The van der Waals surface area contributed by atoms with Crippen LogP contribution in [-0.2, 0) is 32.9 Å². The highest BCUT2D eigenvalue weighted by Gasteiger charge is 2.53. The van der Waals surface area contributed by atoms with Crippen LogP contribution in [0.4, 0.5) is 0 Å². The normalized spacial score (nSPS) is 17.5. The molecule has 0 aliphatic carbocycles. The molecule has 0 unspecified atom stereocenters. The molecule has 182 valence electrons. The summed E-state index contributed by atoms with van der Waals surface area (Å²) in [5.41, 5.74) is 1.39. The van der Waals surface area contributed by atoms with Gasteiger partial charge in [0.2, 0.25) is 17.7 Å². The molecule has 7 nitrogen and oxygen atoms in total. The Labute approximate surface area is 213 Å². The smallest absolute Gasteiger partial charge is 0.241 e. The first-order valence-corrected chi connectivity index (χ1v) is 12.6. The molecule has 0 bridgehead atoms. The summed E-state index contributed by atoms with van der Waals surface area (Å²) in [6.07, 6.45) is 3.51. The molecule has 36 heavy (non-hydrogen) atoms. The van der Waals surface area contributed by atoms with Crippen LogP contribution >= 0.6 is 11.3 Å². The predicted octanol–water partition coefficient (Wildman–Crippen LogP) is 4.18. The van der Waals surface area contributed by atoms with Gasteiger partial charge < -0.3 is 4.90 Å². The summed E-state index contributed by atoms with van der Waals surface area (Å²) in [5.74, 6) is -0.742. The van der Waals surface area contributed by atoms with Crippen LogP contribution in [0.5, 0.6) is 0 Å². The second-order valence-corrected chi connectivity index (χ2v) is 10.1. The molecule has 1 saturated heterocycles. The maximum absolute atomic E-state index is 13.8. The molecule has 1 aliphatic heterocycles. The van der Waals surface area contributed by atoms with Gasteiger partial charge in [-0.15, -0.1) is 11.3 Å². The van der Waals surface area contributed by atoms with E-state index in [1.165, 1.54) is 16.2 Å². The lowest BCUT2D eigenvalue weighted by molar-refractivity contribution is -0.143. The molecule has 0 radical (unpaired) electrons. The molecule has 2 aromatic heterocycles. The zero-order valence-electron chi connectivity index (χ0n) is 19.9. The number of carbonyl (C=O) groups excluding carboxylic acids is 3. The number of thiophene rings is 1. The van der Waals surface area contributed by atoms with E-state index in [4.69, 9.17) is 0 Å². The molecule has 1 aliphatic rings. The van der Waals surface area contributed by atoms with Crippen LogP contribution in [0.2, 0.25) is 0 Å². The van der Waals surface area contributed by atoms with E-state index in [1.54, 1.807) is 22.8 Å². The molecule has 0 saturated carbocycles. The molecule has 3 amide bonds. The number of aromatic nitrogens is 2. The fraction of sp³-hybridized carbons (Fsp3) is 0.214. The number of likely N-dealkylation sites (tertiary alicyclic amines) is 1. The first-order valence-electron chi connectivity index (χ1n) is 11.7. The third-order valence-corrected chi connectivity index (χ3v) is 7.49. The summed E-state index contributed by atoms with van der Waals surface area (Å²) in [5, 5.41) is 6.15. The van der Waals surface area contributed by atoms with E-state index in [1.807, 2.05) is 84.4 Å². The molecule has 3 heterocycles. The van der Waals surface area contributed by atoms with Gasteiger partial charge in [0.15, 0.2) is 0 Å². The van der Waals surface area contributed by atoms with Crippen molar-refractivity contribution in [1.29, 1.82) is 0 Å². The maximum Gasteiger partial charge on any atom is 0.241 e. The average molecular weight is 499 g/mol. The van der Waals surface area contributed by atoms with E-state index >= 15 is 0 Å². The number of hydrogen-bond donors (Lipinski definition) is 0. The van der Waals surface area contributed by atoms with Gasteiger partial charge in [-0.1, -0.05) is 48.5 Å². The second-order valence-electron chi connectivity index (χ2n) is 9.03. The minimum atomic E-state index is -1.20. The molecule has 2 aromatic carbocycles. The summed E-state index contributed by atoms with van der Waals surface area (Å²) >= 11 is 1.50. The van der Waals surface area contributed by atoms with Gasteiger partial charge in [0.1, 0.15) is 0 Å². The lowest BCUT2D eigenvalue weighted by atomic mass is 9.75. The van der Waals surface area contributed by atoms with Crippen molar-refractivity contribution < 1.29 is 14.4 Å². The Morgan fingerprint density at radius 1 is 1.03 bits per heavy atom. The van der Waals surface area contributed by atoms with Crippen molar-refractivity contribution in [2.75, 3.05) is 7.05 Å². The Balaban J connectivity index is 1.35.